The molecule has 2 heterocycles. The van der Waals surface area contributed by atoms with Crippen molar-refractivity contribution in [1.29, 1.82) is 0 Å². The Morgan fingerprint density at radius 1 is 1.18 bits per heavy atom. The van der Waals surface area contributed by atoms with E-state index in [-0.39, 0.29) is 21.9 Å². The van der Waals surface area contributed by atoms with Crippen LogP contribution in [0.4, 0.5) is 5.82 Å². The van der Waals surface area contributed by atoms with Crippen LogP contribution in [0.25, 0.3) is 0 Å². The smallest absolute Gasteiger partial charge is 0.277 e. The van der Waals surface area contributed by atoms with Crippen LogP contribution < -0.4 is 5.32 Å². The average molecular weight is 270 g/mol. The molecule has 0 bridgehead atoms. The number of hydrogen-bond acceptors (Lipinski definition) is 5. The Morgan fingerprint density at radius 3 is 2.65 bits per heavy atom. The van der Waals surface area contributed by atoms with E-state index in [4.69, 9.17) is 23.2 Å². The van der Waals surface area contributed by atoms with Gasteiger partial charge in [-0.05, 0) is 29.8 Å². The molecule has 0 saturated heterocycles. The molecule has 0 aromatic carbocycles. The molecule has 2 aromatic rings. The van der Waals surface area contributed by atoms with Gasteiger partial charge in [0.2, 0.25) is 5.28 Å². The predicted octanol–water partition coefficient (Wildman–Crippen LogP) is 1.83. The second-order valence-electron chi connectivity index (χ2n) is 2.91. The number of halogens is 2. The highest BCUT2D eigenvalue weighted by Crippen LogP contribution is 2.08. The molecule has 8 heteroatoms. The maximum atomic E-state index is 11.7. The molecule has 0 aliphatic carbocycles. The van der Waals surface area contributed by atoms with Crippen LogP contribution in [0.2, 0.25) is 10.4 Å². The van der Waals surface area contributed by atoms with E-state index in [1.807, 2.05) is 0 Å². The summed E-state index contributed by atoms with van der Waals surface area (Å²) >= 11 is 11.1. The molecule has 0 aliphatic rings. The molecule has 2 rings (SSSR count). The quantitative estimate of drug-likeness (QED) is 0.842. The van der Waals surface area contributed by atoms with Crippen molar-refractivity contribution in [3.63, 3.8) is 0 Å². The van der Waals surface area contributed by atoms with Crippen molar-refractivity contribution in [2.75, 3.05) is 5.32 Å². The second-order valence-corrected chi connectivity index (χ2v) is 3.63. The average Bonchev–Trinajstić information content (AvgIpc) is 2.29. The Kier molecular flexibility index (Phi) is 3.46. The maximum absolute atomic E-state index is 11.7. The van der Waals surface area contributed by atoms with E-state index in [2.05, 4.69) is 25.5 Å². The van der Waals surface area contributed by atoms with Crippen molar-refractivity contribution >= 4 is 34.9 Å². The van der Waals surface area contributed by atoms with E-state index in [9.17, 15) is 4.79 Å². The van der Waals surface area contributed by atoms with Crippen LogP contribution >= 0.6 is 23.2 Å². The van der Waals surface area contributed by atoms with Gasteiger partial charge in [0.25, 0.3) is 5.91 Å². The van der Waals surface area contributed by atoms with E-state index < -0.39 is 5.91 Å². The second kappa shape index (κ2) is 5.03. The molecular weight excluding hydrogens is 265 g/mol. The lowest BCUT2D eigenvalue weighted by atomic mass is 10.3. The van der Waals surface area contributed by atoms with Gasteiger partial charge in [-0.1, -0.05) is 11.6 Å². The first-order chi connectivity index (χ1) is 8.15. The fraction of sp³-hybridized carbons (Fsp3) is 0. The van der Waals surface area contributed by atoms with E-state index >= 15 is 0 Å². The zero-order valence-corrected chi connectivity index (χ0v) is 9.77. The van der Waals surface area contributed by atoms with Gasteiger partial charge in [0.1, 0.15) is 5.82 Å². The molecule has 0 saturated carbocycles. The fourth-order valence-electron chi connectivity index (χ4n) is 1.02. The molecule has 86 valence electrons. The van der Waals surface area contributed by atoms with E-state index in [1.54, 1.807) is 0 Å². The van der Waals surface area contributed by atoms with Gasteiger partial charge in [0.05, 0.1) is 0 Å². The van der Waals surface area contributed by atoms with Crippen LogP contribution in [0, 0.1) is 0 Å². The van der Waals surface area contributed by atoms with Crippen molar-refractivity contribution in [2.45, 2.75) is 0 Å². The van der Waals surface area contributed by atoms with Gasteiger partial charge in [0, 0.05) is 6.20 Å². The monoisotopic (exact) mass is 269 g/mol. The standard InChI is InChI=1S/C9H5Cl2N5O/c10-6-2-1-5(15-16-6)8(17)13-7-3-4-12-9(11)14-7/h1-4H,(H,12,13,14,17). The Balaban J connectivity index is 2.14. The normalized spacial score (nSPS) is 10.0. The van der Waals surface area contributed by atoms with Crippen molar-refractivity contribution < 1.29 is 4.79 Å². The molecule has 17 heavy (non-hydrogen) atoms. The number of hydrogen-bond donors (Lipinski definition) is 1. The molecule has 0 fully saturated rings. The first kappa shape index (κ1) is 11.7. The van der Waals surface area contributed by atoms with Crippen molar-refractivity contribution in [2.24, 2.45) is 0 Å². The maximum Gasteiger partial charge on any atom is 0.277 e. The van der Waals surface area contributed by atoms with Gasteiger partial charge in [-0.25, -0.2) is 9.97 Å². The Morgan fingerprint density at radius 2 is 2.00 bits per heavy atom. The lowest BCUT2D eigenvalue weighted by Gasteiger charge is -2.02. The van der Waals surface area contributed by atoms with Gasteiger partial charge in [-0.2, -0.15) is 0 Å². The zero-order chi connectivity index (χ0) is 12.3. The summed E-state index contributed by atoms with van der Waals surface area (Å²) in [5.74, 6) is -0.171. The zero-order valence-electron chi connectivity index (χ0n) is 8.26. The third-order valence-corrected chi connectivity index (χ3v) is 2.12. The number of carbonyl (C=O) groups excluding carboxylic acids is 1. The van der Waals surface area contributed by atoms with Crippen LogP contribution in [-0.2, 0) is 0 Å². The Labute approximate surface area is 106 Å². The largest absolute Gasteiger partial charge is 0.305 e. The fourth-order valence-corrected chi connectivity index (χ4v) is 1.27. The van der Waals surface area contributed by atoms with Gasteiger partial charge in [-0.3, -0.25) is 4.79 Å². The summed E-state index contributed by atoms with van der Waals surface area (Å²) < 4.78 is 0. The number of aromatic nitrogens is 4. The molecule has 6 nitrogen and oxygen atoms in total. The van der Waals surface area contributed by atoms with Crippen LogP contribution in [0.1, 0.15) is 10.5 Å². The summed E-state index contributed by atoms with van der Waals surface area (Å²) in [4.78, 5) is 19.2. The van der Waals surface area contributed by atoms with Crippen molar-refractivity contribution in [1.82, 2.24) is 20.2 Å². The molecule has 0 atom stereocenters. The molecule has 0 radical (unpaired) electrons. The minimum absolute atomic E-state index is 0.0463. The minimum atomic E-state index is -0.455. The summed E-state index contributed by atoms with van der Waals surface area (Å²) in [5, 5.41) is 9.94. The summed E-state index contributed by atoms with van der Waals surface area (Å²) in [6.45, 7) is 0. The molecule has 0 unspecified atom stereocenters. The molecule has 1 amide bonds. The molecule has 0 aliphatic heterocycles. The lowest BCUT2D eigenvalue weighted by molar-refractivity contribution is 0.102. The van der Waals surface area contributed by atoms with Gasteiger partial charge in [-0.15, -0.1) is 10.2 Å². The minimum Gasteiger partial charge on any atom is -0.305 e. The molecule has 2 aromatic heterocycles. The summed E-state index contributed by atoms with van der Waals surface area (Å²) in [6.07, 6.45) is 1.43. The SMILES string of the molecule is O=C(Nc1ccnc(Cl)n1)c1ccc(Cl)nn1. The molecular formula is C9H5Cl2N5O. The van der Waals surface area contributed by atoms with Gasteiger partial charge in [0.15, 0.2) is 10.8 Å². The number of carbonyl (C=O) groups is 1. The topological polar surface area (TPSA) is 80.7 Å². The van der Waals surface area contributed by atoms with Crippen LogP contribution in [0.5, 0.6) is 0 Å². The van der Waals surface area contributed by atoms with E-state index in [1.165, 1.54) is 24.4 Å². The van der Waals surface area contributed by atoms with Gasteiger partial charge < -0.3 is 5.32 Å². The van der Waals surface area contributed by atoms with Crippen molar-refractivity contribution in [3.05, 3.63) is 40.5 Å². The molecule has 1 N–H and O–H groups in total. The third-order valence-electron chi connectivity index (χ3n) is 1.73. The van der Waals surface area contributed by atoms with E-state index in [0.717, 1.165) is 0 Å². The number of amides is 1. The Hall–Kier alpha value is -1.79. The van der Waals surface area contributed by atoms with Crippen LogP contribution in [0.3, 0.4) is 0 Å². The van der Waals surface area contributed by atoms with Crippen LogP contribution in [0.15, 0.2) is 24.4 Å². The third kappa shape index (κ3) is 3.08. The summed E-state index contributed by atoms with van der Waals surface area (Å²) in [5.41, 5.74) is 0.129. The highest BCUT2D eigenvalue weighted by atomic mass is 35.5. The Bertz CT molecular complexity index is 545. The number of anilines is 1. The first-order valence-corrected chi connectivity index (χ1v) is 5.20. The number of nitrogens with one attached hydrogen (secondary N) is 1. The van der Waals surface area contributed by atoms with Gasteiger partial charge >= 0.3 is 0 Å². The van der Waals surface area contributed by atoms with Crippen LogP contribution in [-0.4, -0.2) is 26.1 Å². The van der Waals surface area contributed by atoms with E-state index in [0.29, 0.717) is 0 Å². The first-order valence-electron chi connectivity index (χ1n) is 4.44. The summed E-state index contributed by atoms with van der Waals surface area (Å²) in [6, 6.07) is 4.43. The highest BCUT2D eigenvalue weighted by molar-refractivity contribution is 6.29. The van der Waals surface area contributed by atoms with Crippen molar-refractivity contribution in [3.8, 4) is 0 Å². The number of nitrogens with zero attached hydrogens (tertiary/aromatic N) is 4. The lowest BCUT2D eigenvalue weighted by Crippen LogP contribution is -2.15. The molecule has 0 spiro atoms. The highest BCUT2D eigenvalue weighted by Gasteiger charge is 2.09. The predicted molar refractivity (Wildman–Crippen MR) is 62.0 cm³/mol. The number of rotatable bonds is 2. The summed E-state index contributed by atoms with van der Waals surface area (Å²) in [7, 11) is 0.